The van der Waals surface area contributed by atoms with Gasteiger partial charge in [-0.2, -0.15) is 0 Å². The van der Waals surface area contributed by atoms with Crippen molar-refractivity contribution in [1.29, 1.82) is 0 Å². The molecule has 5 nitrogen and oxygen atoms in total. The number of aromatic nitrogens is 1. The van der Waals surface area contributed by atoms with Crippen LogP contribution in [-0.4, -0.2) is 17.5 Å². The third kappa shape index (κ3) is 4.16. The summed E-state index contributed by atoms with van der Waals surface area (Å²) in [7, 11) is 0. The molecule has 0 aliphatic heterocycles. The normalized spacial score (nSPS) is 10.9. The molecule has 6 heteroatoms. The monoisotopic (exact) mass is 420 g/mol. The first-order chi connectivity index (χ1) is 14.4. The average molecular weight is 421 g/mol. The van der Waals surface area contributed by atoms with Gasteiger partial charge in [0.1, 0.15) is 11.3 Å². The van der Waals surface area contributed by atoms with Crippen LogP contribution in [0.5, 0.6) is 5.75 Å². The number of anilines is 1. The number of rotatable bonds is 5. The largest absolute Gasteiger partial charge is 0.483 e. The molecule has 4 rings (SSSR count). The number of aryl methyl sites for hydroxylation is 2. The van der Waals surface area contributed by atoms with Gasteiger partial charge in [-0.25, -0.2) is 4.98 Å². The maximum atomic E-state index is 12.5. The Morgan fingerprint density at radius 1 is 1.10 bits per heavy atom. The van der Waals surface area contributed by atoms with Crippen molar-refractivity contribution in [2.45, 2.75) is 20.8 Å². The van der Waals surface area contributed by atoms with E-state index in [0.717, 1.165) is 22.3 Å². The van der Waals surface area contributed by atoms with Crippen molar-refractivity contribution in [3.63, 3.8) is 0 Å². The molecule has 3 aromatic carbocycles. The molecule has 0 saturated heterocycles. The van der Waals surface area contributed by atoms with Crippen molar-refractivity contribution in [1.82, 2.24) is 4.98 Å². The number of carbonyl (C=O) groups excluding carboxylic acids is 1. The maximum absolute atomic E-state index is 12.5. The highest BCUT2D eigenvalue weighted by atomic mass is 35.5. The Balaban J connectivity index is 1.51. The number of nitrogens with zero attached hydrogens (tertiary/aromatic N) is 1. The molecule has 0 fully saturated rings. The minimum absolute atomic E-state index is 0.0744. The Hall–Kier alpha value is -3.31. The number of fused-ring (bicyclic) bond motifs is 1. The Bertz CT molecular complexity index is 1250. The van der Waals surface area contributed by atoms with Crippen LogP contribution in [0.25, 0.3) is 22.6 Å². The fourth-order valence-corrected chi connectivity index (χ4v) is 3.48. The third-order valence-electron chi connectivity index (χ3n) is 4.88. The molecule has 0 unspecified atom stereocenters. The van der Waals surface area contributed by atoms with Crippen molar-refractivity contribution < 1.29 is 13.9 Å². The number of nitrogens with one attached hydrogen (secondary N) is 1. The molecule has 0 saturated carbocycles. The Morgan fingerprint density at radius 2 is 1.93 bits per heavy atom. The zero-order valence-corrected chi connectivity index (χ0v) is 17.7. The van der Waals surface area contributed by atoms with Gasteiger partial charge < -0.3 is 14.5 Å². The molecule has 0 bridgehead atoms. The molecule has 0 spiro atoms. The summed E-state index contributed by atoms with van der Waals surface area (Å²) in [5, 5.41) is 3.51. The van der Waals surface area contributed by atoms with Gasteiger partial charge in [-0.15, -0.1) is 0 Å². The van der Waals surface area contributed by atoms with E-state index in [-0.39, 0.29) is 12.5 Å². The van der Waals surface area contributed by atoms with E-state index in [1.54, 1.807) is 18.2 Å². The zero-order chi connectivity index (χ0) is 21.3. The number of ether oxygens (including phenoxy) is 1. The lowest BCUT2D eigenvalue weighted by molar-refractivity contribution is -0.118. The molecular formula is C24H21ClN2O3. The molecule has 1 amide bonds. The fraction of sp³-hybridized carbons (Fsp3) is 0.167. The summed E-state index contributed by atoms with van der Waals surface area (Å²) in [4.78, 5) is 17.0. The number of carbonyl (C=O) groups is 1. The SMILES string of the molecule is Cc1ccc(OCC(=O)Nc2cccc(-c3nc4cc(Cl)ccc4o3)c2C)c(C)c1. The first-order valence-electron chi connectivity index (χ1n) is 9.57. The number of halogens is 1. The first-order valence-corrected chi connectivity index (χ1v) is 9.94. The Kier molecular flexibility index (Phi) is 5.46. The highest BCUT2D eigenvalue weighted by molar-refractivity contribution is 6.31. The van der Waals surface area contributed by atoms with Crippen molar-refractivity contribution in [3.05, 3.63) is 76.3 Å². The topological polar surface area (TPSA) is 64.4 Å². The summed E-state index contributed by atoms with van der Waals surface area (Å²) in [6.45, 7) is 5.82. The van der Waals surface area contributed by atoms with Gasteiger partial charge in [0.2, 0.25) is 5.89 Å². The number of amides is 1. The van der Waals surface area contributed by atoms with Crippen molar-refractivity contribution in [2.24, 2.45) is 0 Å². The number of hydrogen-bond acceptors (Lipinski definition) is 4. The molecule has 1 N–H and O–H groups in total. The molecule has 4 aromatic rings. The van der Waals surface area contributed by atoms with E-state index in [9.17, 15) is 4.79 Å². The van der Waals surface area contributed by atoms with Gasteiger partial charge in [0.15, 0.2) is 12.2 Å². The van der Waals surface area contributed by atoms with Crippen molar-refractivity contribution in [3.8, 4) is 17.2 Å². The summed E-state index contributed by atoms with van der Waals surface area (Å²) in [6, 6.07) is 16.8. The van der Waals surface area contributed by atoms with Crippen LogP contribution in [0.15, 0.2) is 59.0 Å². The summed E-state index contributed by atoms with van der Waals surface area (Å²) in [5.41, 5.74) is 5.83. The molecule has 30 heavy (non-hydrogen) atoms. The first kappa shape index (κ1) is 20.0. The second-order valence-corrected chi connectivity index (χ2v) is 7.65. The van der Waals surface area contributed by atoms with Crippen LogP contribution in [0, 0.1) is 20.8 Å². The molecule has 0 aliphatic carbocycles. The lowest BCUT2D eigenvalue weighted by atomic mass is 10.1. The van der Waals surface area contributed by atoms with Gasteiger partial charge >= 0.3 is 0 Å². The van der Waals surface area contributed by atoms with Crippen LogP contribution < -0.4 is 10.1 Å². The maximum Gasteiger partial charge on any atom is 0.262 e. The van der Waals surface area contributed by atoms with E-state index < -0.39 is 0 Å². The Morgan fingerprint density at radius 3 is 2.73 bits per heavy atom. The average Bonchev–Trinajstić information content (AvgIpc) is 3.11. The lowest BCUT2D eigenvalue weighted by Crippen LogP contribution is -2.21. The quantitative estimate of drug-likeness (QED) is 0.424. The minimum Gasteiger partial charge on any atom is -0.483 e. The van der Waals surface area contributed by atoms with Gasteiger partial charge in [-0.1, -0.05) is 35.4 Å². The molecule has 152 valence electrons. The van der Waals surface area contributed by atoms with E-state index >= 15 is 0 Å². The highest BCUT2D eigenvalue weighted by Gasteiger charge is 2.15. The fourth-order valence-electron chi connectivity index (χ4n) is 3.31. The second kappa shape index (κ2) is 8.20. The summed E-state index contributed by atoms with van der Waals surface area (Å²) < 4.78 is 11.5. The van der Waals surface area contributed by atoms with Gasteiger partial charge in [0.05, 0.1) is 0 Å². The van der Waals surface area contributed by atoms with Gasteiger partial charge in [-0.3, -0.25) is 4.79 Å². The van der Waals surface area contributed by atoms with Crippen LogP contribution in [0.1, 0.15) is 16.7 Å². The zero-order valence-electron chi connectivity index (χ0n) is 17.0. The van der Waals surface area contributed by atoms with Crippen LogP contribution >= 0.6 is 11.6 Å². The van der Waals surface area contributed by atoms with Gasteiger partial charge in [0.25, 0.3) is 5.91 Å². The second-order valence-electron chi connectivity index (χ2n) is 7.22. The van der Waals surface area contributed by atoms with E-state index in [4.69, 9.17) is 20.8 Å². The highest BCUT2D eigenvalue weighted by Crippen LogP contribution is 2.31. The summed E-state index contributed by atoms with van der Waals surface area (Å²) in [6.07, 6.45) is 0. The standard InChI is InChI=1S/C24H21ClN2O3/c1-14-7-9-21(15(2)11-14)29-13-23(28)26-19-6-4-5-18(16(19)3)24-27-20-12-17(25)8-10-22(20)30-24/h4-12H,13H2,1-3H3,(H,26,28). The van der Waals surface area contributed by atoms with Crippen LogP contribution in [0.2, 0.25) is 5.02 Å². The smallest absolute Gasteiger partial charge is 0.262 e. The summed E-state index contributed by atoms with van der Waals surface area (Å²) in [5.74, 6) is 0.943. The predicted molar refractivity (Wildman–Crippen MR) is 119 cm³/mol. The van der Waals surface area contributed by atoms with Crippen LogP contribution in [0.3, 0.4) is 0 Å². The van der Waals surface area contributed by atoms with Crippen molar-refractivity contribution in [2.75, 3.05) is 11.9 Å². The van der Waals surface area contributed by atoms with Crippen molar-refractivity contribution >= 4 is 34.3 Å². The molecule has 0 atom stereocenters. The van der Waals surface area contributed by atoms with Gasteiger partial charge in [-0.05, 0) is 68.3 Å². The lowest BCUT2D eigenvalue weighted by Gasteiger charge is -2.12. The molecule has 0 radical (unpaired) electrons. The minimum atomic E-state index is -0.237. The summed E-state index contributed by atoms with van der Waals surface area (Å²) >= 11 is 6.04. The molecule has 0 aliphatic rings. The van der Waals surface area contributed by atoms with Crippen LogP contribution in [0.4, 0.5) is 5.69 Å². The molecular weight excluding hydrogens is 400 g/mol. The predicted octanol–water partition coefficient (Wildman–Crippen LogP) is 6.09. The number of benzene rings is 3. The molecule has 1 aromatic heterocycles. The van der Waals surface area contributed by atoms with E-state index in [2.05, 4.69) is 10.3 Å². The van der Waals surface area contributed by atoms with E-state index in [1.165, 1.54) is 0 Å². The van der Waals surface area contributed by atoms with Crippen LogP contribution in [-0.2, 0) is 4.79 Å². The number of oxazole rings is 1. The van der Waals surface area contributed by atoms with E-state index in [0.29, 0.717) is 33.4 Å². The third-order valence-corrected chi connectivity index (χ3v) is 5.11. The molecule has 1 heterocycles. The Labute approximate surface area is 179 Å². The van der Waals surface area contributed by atoms with Gasteiger partial charge in [0, 0.05) is 16.3 Å². The number of hydrogen-bond donors (Lipinski definition) is 1. The van der Waals surface area contributed by atoms with E-state index in [1.807, 2.05) is 57.2 Å².